The average Bonchev–Trinajstić information content (AvgIpc) is 2.90. The fourth-order valence-electron chi connectivity index (χ4n) is 1.74. The van der Waals surface area contributed by atoms with E-state index in [1.165, 1.54) is 18.9 Å². The maximum atomic E-state index is 11.7. The molecule has 0 aliphatic carbocycles. The van der Waals surface area contributed by atoms with E-state index in [1.807, 2.05) is 6.07 Å². The number of hydrogen-bond donors (Lipinski definition) is 0. The van der Waals surface area contributed by atoms with Gasteiger partial charge in [0.2, 0.25) is 0 Å². The zero-order valence-corrected chi connectivity index (χ0v) is 11.6. The van der Waals surface area contributed by atoms with Gasteiger partial charge in [0.1, 0.15) is 0 Å². The smallest absolute Gasteiger partial charge is 0.360 e. The number of aromatic nitrogens is 4. The molecule has 21 heavy (non-hydrogen) atoms. The monoisotopic (exact) mass is 290 g/mol. The molecule has 0 atom stereocenters. The summed E-state index contributed by atoms with van der Waals surface area (Å²) in [6, 6.07) is 5.43. The van der Waals surface area contributed by atoms with Gasteiger partial charge in [0, 0.05) is 6.20 Å². The van der Waals surface area contributed by atoms with Crippen molar-refractivity contribution in [1.82, 2.24) is 20.0 Å². The summed E-state index contributed by atoms with van der Waals surface area (Å²) >= 11 is 0. The number of methoxy groups -OCH3 is 2. The van der Waals surface area contributed by atoms with Gasteiger partial charge >= 0.3 is 11.9 Å². The summed E-state index contributed by atoms with van der Waals surface area (Å²) in [7, 11) is 2.51. The summed E-state index contributed by atoms with van der Waals surface area (Å²) in [5, 5.41) is 7.66. The average molecular weight is 290 g/mol. The van der Waals surface area contributed by atoms with Gasteiger partial charge in [-0.3, -0.25) is 9.78 Å². The Balaban J connectivity index is 2.34. The molecule has 0 N–H and O–H groups in total. The van der Waals surface area contributed by atoms with Crippen molar-refractivity contribution in [2.24, 2.45) is 0 Å². The van der Waals surface area contributed by atoms with Crippen LogP contribution in [0.5, 0.6) is 0 Å². The minimum Gasteiger partial charge on any atom is -0.469 e. The first-order valence-corrected chi connectivity index (χ1v) is 6.13. The van der Waals surface area contributed by atoms with E-state index in [0.717, 1.165) is 5.69 Å². The fraction of sp³-hybridized carbons (Fsp3) is 0.308. The third kappa shape index (κ3) is 3.41. The van der Waals surface area contributed by atoms with Gasteiger partial charge in [0.15, 0.2) is 5.69 Å². The Morgan fingerprint density at radius 3 is 2.67 bits per heavy atom. The molecule has 8 heteroatoms. The first-order valence-electron chi connectivity index (χ1n) is 6.13. The van der Waals surface area contributed by atoms with E-state index in [4.69, 9.17) is 0 Å². The van der Waals surface area contributed by atoms with Crippen LogP contribution in [0.2, 0.25) is 0 Å². The van der Waals surface area contributed by atoms with Gasteiger partial charge in [-0.1, -0.05) is 11.3 Å². The summed E-state index contributed by atoms with van der Waals surface area (Å²) in [6.07, 6.45) is 1.52. The highest BCUT2D eigenvalue weighted by molar-refractivity contribution is 5.89. The van der Waals surface area contributed by atoms with Crippen LogP contribution < -0.4 is 0 Å². The molecule has 0 aromatic carbocycles. The van der Waals surface area contributed by atoms with Crippen LogP contribution in [-0.2, 0) is 27.2 Å². The molecule has 0 spiro atoms. The van der Waals surface area contributed by atoms with Crippen LogP contribution in [0.4, 0.5) is 0 Å². The lowest BCUT2D eigenvalue weighted by Gasteiger charge is -2.06. The lowest BCUT2D eigenvalue weighted by atomic mass is 10.2. The van der Waals surface area contributed by atoms with Gasteiger partial charge < -0.3 is 9.47 Å². The zero-order valence-electron chi connectivity index (χ0n) is 11.6. The van der Waals surface area contributed by atoms with Crippen molar-refractivity contribution >= 4 is 11.9 Å². The van der Waals surface area contributed by atoms with Gasteiger partial charge in [-0.15, -0.1) is 5.10 Å². The van der Waals surface area contributed by atoms with Crippen molar-refractivity contribution in [3.05, 3.63) is 41.5 Å². The predicted molar refractivity (Wildman–Crippen MR) is 70.4 cm³/mol. The molecule has 2 aromatic rings. The minimum atomic E-state index is -0.652. The number of esters is 2. The van der Waals surface area contributed by atoms with Gasteiger partial charge in [0.25, 0.3) is 0 Å². The molecule has 0 saturated carbocycles. The number of carbonyl (C=O) groups is 2. The van der Waals surface area contributed by atoms with E-state index in [9.17, 15) is 9.59 Å². The Hall–Kier alpha value is -2.77. The Bertz CT molecular complexity index is 639. The second-order valence-electron chi connectivity index (χ2n) is 4.11. The van der Waals surface area contributed by atoms with E-state index in [0.29, 0.717) is 5.69 Å². The topological polar surface area (TPSA) is 96.2 Å². The predicted octanol–water partition coefficient (Wildman–Crippen LogP) is 0.223. The summed E-state index contributed by atoms with van der Waals surface area (Å²) < 4.78 is 10.7. The van der Waals surface area contributed by atoms with E-state index in [1.54, 1.807) is 18.3 Å². The second-order valence-corrected chi connectivity index (χ2v) is 4.11. The highest BCUT2D eigenvalue weighted by Gasteiger charge is 2.23. The Kier molecular flexibility index (Phi) is 4.60. The van der Waals surface area contributed by atoms with Crippen molar-refractivity contribution in [3.63, 3.8) is 0 Å². The molecule has 2 heterocycles. The third-order valence-electron chi connectivity index (χ3n) is 2.79. The van der Waals surface area contributed by atoms with Crippen LogP contribution in [0.25, 0.3) is 0 Å². The highest BCUT2D eigenvalue weighted by Crippen LogP contribution is 2.11. The van der Waals surface area contributed by atoms with Crippen molar-refractivity contribution < 1.29 is 19.1 Å². The van der Waals surface area contributed by atoms with Crippen molar-refractivity contribution in [1.29, 1.82) is 0 Å². The zero-order chi connectivity index (χ0) is 15.2. The molecule has 110 valence electrons. The van der Waals surface area contributed by atoms with E-state index < -0.39 is 11.9 Å². The number of rotatable bonds is 5. The number of hydrogen-bond acceptors (Lipinski definition) is 7. The minimum absolute atomic E-state index is 0.00108. The van der Waals surface area contributed by atoms with Crippen molar-refractivity contribution in [3.8, 4) is 0 Å². The van der Waals surface area contributed by atoms with E-state index in [2.05, 4.69) is 24.8 Å². The van der Waals surface area contributed by atoms with Gasteiger partial charge in [-0.05, 0) is 12.1 Å². The van der Waals surface area contributed by atoms with Crippen LogP contribution in [0.3, 0.4) is 0 Å². The summed E-state index contributed by atoms with van der Waals surface area (Å²) in [5.41, 5.74) is 1.06. The van der Waals surface area contributed by atoms with Crippen LogP contribution in [0, 0.1) is 0 Å². The van der Waals surface area contributed by atoms with Crippen LogP contribution in [-0.4, -0.2) is 46.1 Å². The third-order valence-corrected chi connectivity index (χ3v) is 2.79. The van der Waals surface area contributed by atoms with Crippen molar-refractivity contribution in [2.45, 2.75) is 13.0 Å². The first kappa shape index (κ1) is 14.6. The second kappa shape index (κ2) is 6.60. The number of carbonyl (C=O) groups excluding carboxylic acids is 2. The normalized spacial score (nSPS) is 10.2. The molecular formula is C13H14N4O4. The Morgan fingerprint density at radius 1 is 1.24 bits per heavy atom. The summed E-state index contributed by atoms with van der Waals surface area (Å²) in [5.74, 6) is -1.15. The summed E-state index contributed by atoms with van der Waals surface area (Å²) in [6.45, 7) is 0.289. The Labute approximate surface area is 120 Å². The standard InChI is InChI=1S/C13H14N4O4/c1-20-11(18)7-10-12(13(19)21-2)15-16-17(10)8-9-5-3-4-6-14-9/h3-6H,7-8H2,1-2H3. The van der Waals surface area contributed by atoms with E-state index >= 15 is 0 Å². The van der Waals surface area contributed by atoms with Gasteiger partial charge in [0.05, 0.1) is 38.6 Å². The SMILES string of the molecule is COC(=O)Cc1c(C(=O)OC)nnn1Cc1ccccn1. The highest BCUT2D eigenvalue weighted by atomic mass is 16.5. The maximum absolute atomic E-state index is 11.7. The maximum Gasteiger partial charge on any atom is 0.360 e. The lowest BCUT2D eigenvalue weighted by Crippen LogP contribution is -2.16. The van der Waals surface area contributed by atoms with Crippen molar-refractivity contribution in [2.75, 3.05) is 14.2 Å². The molecule has 0 radical (unpaired) electrons. The molecule has 0 aliphatic rings. The molecule has 2 aromatic heterocycles. The number of ether oxygens (including phenoxy) is 2. The van der Waals surface area contributed by atoms with E-state index in [-0.39, 0.29) is 18.7 Å². The molecule has 0 bridgehead atoms. The number of nitrogens with zero attached hydrogens (tertiary/aromatic N) is 4. The molecule has 2 rings (SSSR count). The molecule has 0 saturated heterocycles. The van der Waals surface area contributed by atoms with Crippen LogP contribution >= 0.6 is 0 Å². The molecule has 0 unspecified atom stereocenters. The Morgan fingerprint density at radius 2 is 2.05 bits per heavy atom. The summed E-state index contributed by atoms with van der Waals surface area (Å²) in [4.78, 5) is 27.3. The largest absolute Gasteiger partial charge is 0.469 e. The first-order chi connectivity index (χ1) is 10.2. The fourth-order valence-corrected chi connectivity index (χ4v) is 1.74. The van der Waals surface area contributed by atoms with Gasteiger partial charge in [-0.2, -0.15) is 0 Å². The molecule has 0 aliphatic heterocycles. The van der Waals surface area contributed by atoms with Crippen LogP contribution in [0.15, 0.2) is 24.4 Å². The quantitative estimate of drug-likeness (QED) is 0.727. The molecule has 0 amide bonds. The van der Waals surface area contributed by atoms with Gasteiger partial charge in [-0.25, -0.2) is 9.48 Å². The van der Waals surface area contributed by atoms with Crippen LogP contribution in [0.1, 0.15) is 21.9 Å². The number of pyridine rings is 1. The molecule has 8 nitrogen and oxygen atoms in total. The molecular weight excluding hydrogens is 276 g/mol. The lowest BCUT2D eigenvalue weighted by molar-refractivity contribution is -0.139. The molecule has 0 fully saturated rings.